The van der Waals surface area contributed by atoms with Gasteiger partial charge in [-0.15, -0.1) is 24.0 Å². The van der Waals surface area contributed by atoms with Gasteiger partial charge in [-0.25, -0.2) is 4.99 Å². The quantitative estimate of drug-likeness (QED) is 0.450. The van der Waals surface area contributed by atoms with Crippen molar-refractivity contribution < 1.29 is 4.79 Å². The van der Waals surface area contributed by atoms with Gasteiger partial charge in [0, 0.05) is 24.8 Å². The molecule has 0 atom stereocenters. The van der Waals surface area contributed by atoms with Crippen LogP contribution in [0, 0.1) is 0 Å². The molecule has 2 N–H and O–H groups in total. The van der Waals surface area contributed by atoms with E-state index < -0.39 is 0 Å². The van der Waals surface area contributed by atoms with Crippen molar-refractivity contribution >= 4 is 41.5 Å². The number of rotatable bonds is 4. The Hall–Kier alpha value is -1.31. The van der Waals surface area contributed by atoms with Gasteiger partial charge >= 0.3 is 0 Å². The lowest BCUT2D eigenvalue weighted by molar-refractivity contribution is -0.119. The van der Waals surface area contributed by atoms with Crippen LogP contribution in [0.4, 0.5) is 5.69 Å². The number of para-hydroxylation sites is 1. The van der Waals surface area contributed by atoms with E-state index in [-0.39, 0.29) is 36.4 Å². The zero-order chi connectivity index (χ0) is 14.7. The third-order valence-electron chi connectivity index (χ3n) is 3.79. The van der Waals surface area contributed by atoms with Gasteiger partial charge in [0.15, 0.2) is 5.96 Å². The zero-order valence-corrected chi connectivity index (χ0v) is 15.2. The first kappa shape index (κ1) is 17.1. The zero-order valence-electron chi connectivity index (χ0n) is 12.8. The normalized spacial score (nSPS) is 16.8. The second-order valence-corrected chi connectivity index (χ2v) is 5.54. The summed E-state index contributed by atoms with van der Waals surface area (Å²) < 4.78 is 0. The largest absolute Gasteiger partial charge is 0.356 e. The van der Waals surface area contributed by atoms with Crippen molar-refractivity contribution in [2.45, 2.75) is 32.2 Å². The molecule has 1 aliphatic heterocycles. The summed E-state index contributed by atoms with van der Waals surface area (Å²) in [5.41, 5.74) is 2.53. The van der Waals surface area contributed by atoms with Gasteiger partial charge in [0.25, 0.3) is 0 Å². The Morgan fingerprint density at radius 1 is 1.36 bits per heavy atom. The first-order valence-corrected chi connectivity index (χ1v) is 7.71. The minimum Gasteiger partial charge on any atom is -0.356 e. The van der Waals surface area contributed by atoms with Crippen LogP contribution in [0.15, 0.2) is 29.3 Å². The Morgan fingerprint density at radius 2 is 2.14 bits per heavy atom. The molecule has 6 heteroatoms. The minimum absolute atomic E-state index is 0. The number of hydrogen-bond donors (Lipinski definition) is 2. The summed E-state index contributed by atoms with van der Waals surface area (Å²) in [4.78, 5) is 18.5. The molecule has 22 heavy (non-hydrogen) atoms. The van der Waals surface area contributed by atoms with Crippen LogP contribution in [0.2, 0.25) is 0 Å². The summed E-state index contributed by atoms with van der Waals surface area (Å²) in [5.74, 6) is 0.814. The molecule has 0 radical (unpaired) electrons. The molecular weight excluding hydrogens is 391 g/mol. The first-order chi connectivity index (χ1) is 10.3. The molecule has 0 saturated heterocycles. The molecule has 3 rings (SSSR count). The van der Waals surface area contributed by atoms with Crippen molar-refractivity contribution in [3.63, 3.8) is 0 Å². The lowest BCUT2D eigenvalue weighted by Crippen LogP contribution is -2.41. The fraction of sp³-hybridized carbons (Fsp3) is 0.500. The highest BCUT2D eigenvalue weighted by molar-refractivity contribution is 14.0. The van der Waals surface area contributed by atoms with E-state index >= 15 is 0 Å². The molecule has 5 nitrogen and oxygen atoms in total. The molecule has 0 aromatic heterocycles. The number of carbonyl (C=O) groups excluding carboxylic acids is 1. The summed E-state index contributed by atoms with van der Waals surface area (Å²) in [6.07, 6.45) is 3.24. The molecule has 0 bridgehead atoms. The van der Waals surface area contributed by atoms with Crippen molar-refractivity contribution in [3.05, 3.63) is 29.8 Å². The van der Waals surface area contributed by atoms with Gasteiger partial charge < -0.3 is 15.5 Å². The van der Waals surface area contributed by atoms with E-state index in [1.165, 1.54) is 11.3 Å². The van der Waals surface area contributed by atoms with E-state index in [9.17, 15) is 4.79 Å². The topological polar surface area (TPSA) is 56.7 Å². The highest BCUT2D eigenvalue weighted by atomic mass is 127. The number of amides is 1. The highest BCUT2D eigenvalue weighted by Gasteiger charge is 2.24. The van der Waals surface area contributed by atoms with Gasteiger partial charge in [0.1, 0.15) is 6.54 Å². The third-order valence-corrected chi connectivity index (χ3v) is 3.79. The van der Waals surface area contributed by atoms with E-state index in [0.717, 1.165) is 38.3 Å². The Bertz CT molecular complexity index is 557. The number of carbonyl (C=O) groups is 1. The molecule has 1 saturated carbocycles. The predicted octanol–water partition coefficient (Wildman–Crippen LogP) is 1.91. The number of nitrogens with zero attached hydrogens (tertiary/aromatic N) is 2. The summed E-state index contributed by atoms with van der Waals surface area (Å²) >= 11 is 0. The standard InChI is InChI=1S/C16H22N4O.HI/c1-2-17-16(18-11-15(21)19-13-7-8-13)20-10-9-12-5-3-4-6-14(12)20;/h3-6,13H,2,7-11H2,1H3,(H,17,18)(H,19,21);1H. The molecule has 1 aliphatic carbocycles. The molecular formula is C16H23IN4O. The predicted molar refractivity (Wildman–Crippen MR) is 100 cm³/mol. The van der Waals surface area contributed by atoms with Crippen molar-refractivity contribution in [2.75, 3.05) is 24.5 Å². The Kier molecular flexibility index (Phi) is 6.05. The molecule has 120 valence electrons. The number of aliphatic imine (C=N–C) groups is 1. The Labute approximate surface area is 148 Å². The van der Waals surface area contributed by atoms with Gasteiger partial charge in [0.2, 0.25) is 5.91 Å². The maximum Gasteiger partial charge on any atom is 0.242 e. The van der Waals surface area contributed by atoms with E-state index in [1.54, 1.807) is 0 Å². The average molecular weight is 414 g/mol. The molecule has 1 aromatic carbocycles. The Balaban J connectivity index is 0.00000176. The Morgan fingerprint density at radius 3 is 2.86 bits per heavy atom. The number of anilines is 1. The van der Waals surface area contributed by atoms with Crippen LogP contribution in [0.25, 0.3) is 0 Å². The number of nitrogens with one attached hydrogen (secondary N) is 2. The molecule has 1 fully saturated rings. The van der Waals surface area contributed by atoms with Crippen LogP contribution in [0.1, 0.15) is 25.3 Å². The van der Waals surface area contributed by atoms with Crippen molar-refractivity contribution in [2.24, 2.45) is 4.99 Å². The average Bonchev–Trinajstić information content (AvgIpc) is 3.20. The fourth-order valence-corrected chi connectivity index (χ4v) is 2.60. The number of halogens is 1. The summed E-state index contributed by atoms with van der Waals surface area (Å²) in [5, 5.41) is 6.25. The van der Waals surface area contributed by atoms with Gasteiger partial charge in [0.05, 0.1) is 0 Å². The SMILES string of the molecule is CCNC(=NCC(=O)NC1CC1)N1CCc2ccccc21.I. The van der Waals surface area contributed by atoms with Crippen molar-refractivity contribution in [3.8, 4) is 0 Å². The summed E-state index contributed by atoms with van der Waals surface area (Å²) in [6.45, 7) is 3.94. The lowest BCUT2D eigenvalue weighted by atomic mass is 10.2. The van der Waals surface area contributed by atoms with Crippen LogP contribution in [0.3, 0.4) is 0 Å². The second-order valence-electron chi connectivity index (χ2n) is 5.54. The second kappa shape index (κ2) is 7.80. The third kappa shape index (κ3) is 4.12. The first-order valence-electron chi connectivity index (χ1n) is 7.71. The van der Waals surface area contributed by atoms with Crippen LogP contribution < -0.4 is 15.5 Å². The van der Waals surface area contributed by atoms with Crippen molar-refractivity contribution in [1.29, 1.82) is 0 Å². The highest BCUT2D eigenvalue weighted by Crippen LogP contribution is 2.27. The molecule has 1 amide bonds. The van der Waals surface area contributed by atoms with Gasteiger partial charge in [-0.3, -0.25) is 4.79 Å². The molecule has 1 aromatic rings. The maximum absolute atomic E-state index is 11.8. The van der Waals surface area contributed by atoms with Gasteiger partial charge in [-0.05, 0) is 37.8 Å². The van der Waals surface area contributed by atoms with Crippen LogP contribution >= 0.6 is 24.0 Å². The van der Waals surface area contributed by atoms with Crippen LogP contribution in [-0.4, -0.2) is 37.5 Å². The number of guanidine groups is 1. The molecule has 0 unspecified atom stereocenters. The van der Waals surface area contributed by atoms with E-state index in [4.69, 9.17) is 0 Å². The number of fused-ring (bicyclic) bond motifs is 1. The number of hydrogen-bond acceptors (Lipinski definition) is 2. The van der Waals surface area contributed by atoms with Crippen molar-refractivity contribution in [1.82, 2.24) is 10.6 Å². The van der Waals surface area contributed by atoms with Crippen LogP contribution in [0.5, 0.6) is 0 Å². The van der Waals surface area contributed by atoms with Gasteiger partial charge in [-0.2, -0.15) is 0 Å². The van der Waals surface area contributed by atoms with E-state index in [2.05, 4.69) is 38.7 Å². The molecule has 1 heterocycles. The lowest BCUT2D eigenvalue weighted by Gasteiger charge is -2.22. The smallest absolute Gasteiger partial charge is 0.242 e. The summed E-state index contributed by atoms with van der Waals surface area (Å²) in [6, 6.07) is 8.76. The van der Waals surface area contributed by atoms with E-state index in [1.807, 2.05) is 13.0 Å². The fourth-order valence-electron chi connectivity index (χ4n) is 2.60. The molecule has 2 aliphatic rings. The molecule has 0 spiro atoms. The van der Waals surface area contributed by atoms with Crippen LogP contribution in [-0.2, 0) is 11.2 Å². The summed E-state index contributed by atoms with van der Waals surface area (Å²) in [7, 11) is 0. The van der Waals surface area contributed by atoms with E-state index in [0.29, 0.717) is 6.04 Å². The maximum atomic E-state index is 11.8. The van der Waals surface area contributed by atoms with Gasteiger partial charge in [-0.1, -0.05) is 18.2 Å². The monoisotopic (exact) mass is 414 g/mol. The minimum atomic E-state index is 0. The number of benzene rings is 1.